The number of hydrogen-bond donors (Lipinski definition) is 1. The predicted molar refractivity (Wildman–Crippen MR) is 54.8 cm³/mol. The molecule has 0 aliphatic heterocycles. The molecule has 1 aromatic heterocycles. The Kier molecular flexibility index (Phi) is 3.92. The van der Waals surface area contributed by atoms with E-state index < -0.39 is 5.97 Å². The van der Waals surface area contributed by atoms with Gasteiger partial charge in [-0.05, 0) is 22.0 Å². The molecule has 1 N–H and O–H groups in total. The van der Waals surface area contributed by atoms with Gasteiger partial charge in [0.15, 0.2) is 0 Å². The molecule has 1 aromatic rings. The van der Waals surface area contributed by atoms with Crippen molar-refractivity contribution in [2.45, 2.75) is 18.3 Å². The van der Waals surface area contributed by atoms with Gasteiger partial charge < -0.3 is 5.11 Å². The van der Waals surface area contributed by atoms with Crippen molar-refractivity contribution in [3.05, 3.63) is 16.4 Å². The fourth-order valence-corrected chi connectivity index (χ4v) is 1.83. The lowest BCUT2D eigenvalue weighted by molar-refractivity contribution is -0.137. The minimum absolute atomic E-state index is 0.0914. The molecular formula is C7H8Br2N2O2. The van der Waals surface area contributed by atoms with E-state index in [0.29, 0.717) is 11.9 Å². The minimum Gasteiger partial charge on any atom is -0.481 e. The molecule has 13 heavy (non-hydrogen) atoms. The van der Waals surface area contributed by atoms with E-state index in [4.69, 9.17) is 5.11 Å². The average molecular weight is 312 g/mol. The summed E-state index contributed by atoms with van der Waals surface area (Å²) in [6, 6.07) is 1.86. The lowest BCUT2D eigenvalue weighted by Gasteiger charge is -2.01. The molecule has 4 nitrogen and oxygen atoms in total. The van der Waals surface area contributed by atoms with Crippen molar-refractivity contribution in [3.8, 4) is 0 Å². The first-order valence-electron chi connectivity index (χ1n) is 3.63. The normalized spacial score (nSPS) is 10.3. The molecule has 72 valence electrons. The van der Waals surface area contributed by atoms with E-state index in [0.717, 1.165) is 10.3 Å². The van der Waals surface area contributed by atoms with Crippen molar-refractivity contribution in [2.75, 3.05) is 0 Å². The van der Waals surface area contributed by atoms with Gasteiger partial charge in [0.1, 0.15) is 4.60 Å². The van der Waals surface area contributed by atoms with Crippen LogP contribution < -0.4 is 0 Å². The quantitative estimate of drug-likeness (QED) is 0.866. The van der Waals surface area contributed by atoms with Crippen molar-refractivity contribution >= 4 is 37.8 Å². The summed E-state index contributed by atoms with van der Waals surface area (Å²) >= 11 is 6.53. The number of halogens is 2. The number of aryl methyl sites for hydroxylation is 1. The van der Waals surface area contributed by atoms with E-state index in [1.54, 1.807) is 4.68 Å². The minimum atomic E-state index is -0.813. The zero-order chi connectivity index (χ0) is 9.84. The van der Waals surface area contributed by atoms with Crippen LogP contribution in [0.1, 0.15) is 12.1 Å². The third-order valence-electron chi connectivity index (χ3n) is 1.51. The standard InChI is InChI=1S/C7H8Br2N2O2/c8-4-5-3-6(9)10-11(5)2-1-7(12)13/h3H,1-2,4H2,(H,12,13). The van der Waals surface area contributed by atoms with Crippen LogP contribution in [-0.4, -0.2) is 20.9 Å². The Morgan fingerprint density at radius 3 is 2.92 bits per heavy atom. The Morgan fingerprint density at radius 1 is 1.69 bits per heavy atom. The van der Waals surface area contributed by atoms with E-state index in [9.17, 15) is 4.79 Å². The number of nitrogens with zero attached hydrogens (tertiary/aromatic N) is 2. The second-order valence-corrected chi connectivity index (χ2v) is 3.83. The number of alkyl halides is 1. The summed E-state index contributed by atoms with van der Waals surface area (Å²) < 4.78 is 2.40. The second-order valence-electron chi connectivity index (χ2n) is 2.46. The van der Waals surface area contributed by atoms with Crippen molar-refractivity contribution in [1.82, 2.24) is 9.78 Å². The molecule has 0 aromatic carbocycles. The van der Waals surface area contributed by atoms with Gasteiger partial charge in [0, 0.05) is 5.33 Å². The zero-order valence-corrected chi connectivity index (χ0v) is 9.88. The molecule has 0 aliphatic rings. The van der Waals surface area contributed by atoms with Crippen molar-refractivity contribution < 1.29 is 9.90 Å². The lowest BCUT2D eigenvalue weighted by atomic mass is 10.4. The molecule has 0 aliphatic carbocycles. The largest absolute Gasteiger partial charge is 0.481 e. The Balaban J connectivity index is 2.69. The molecule has 0 saturated carbocycles. The van der Waals surface area contributed by atoms with Crippen molar-refractivity contribution in [1.29, 1.82) is 0 Å². The molecule has 0 bridgehead atoms. The van der Waals surface area contributed by atoms with E-state index in [-0.39, 0.29) is 6.42 Å². The Labute approximate surface area is 92.2 Å². The van der Waals surface area contributed by atoms with Gasteiger partial charge >= 0.3 is 5.97 Å². The maximum atomic E-state index is 10.3. The van der Waals surface area contributed by atoms with Crippen molar-refractivity contribution in [2.24, 2.45) is 0 Å². The monoisotopic (exact) mass is 310 g/mol. The molecule has 1 rings (SSSR count). The second kappa shape index (κ2) is 4.76. The van der Waals surface area contributed by atoms with Crippen LogP contribution in [0, 0.1) is 0 Å². The van der Waals surface area contributed by atoms with Gasteiger partial charge in [-0.1, -0.05) is 15.9 Å². The summed E-state index contributed by atoms with van der Waals surface area (Å²) in [7, 11) is 0. The highest BCUT2D eigenvalue weighted by molar-refractivity contribution is 9.10. The third kappa shape index (κ3) is 3.11. The Morgan fingerprint density at radius 2 is 2.38 bits per heavy atom. The van der Waals surface area contributed by atoms with Crippen LogP contribution in [0.2, 0.25) is 0 Å². The van der Waals surface area contributed by atoms with Gasteiger partial charge in [-0.2, -0.15) is 5.10 Å². The molecule has 0 unspecified atom stereocenters. The van der Waals surface area contributed by atoms with Crippen LogP contribution >= 0.6 is 31.9 Å². The van der Waals surface area contributed by atoms with Crippen LogP contribution in [-0.2, 0) is 16.7 Å². The first-order chi connectivity index (χ1) is 6.13. The summed E-state index contributed by atoms with van der Waals surface area (Å²) in [4.78, 5) is 10.3. The van der Waals surface area contributed by atoms with Gasteiger partial charge in [-0.25, -0.2) is 0 Å². The molecule has 0 amide bonds. The highest BCUT2D eigenvalue weighted by Crippen LogP contribution is 2.13. The lowest BCUT2D eigenvalue weighted by Crippen LogP contribution is -2.08. The van der Waals surface area contributed by atoms with Gasteiger partial charge in [0.05, 0.1) is 18.7 Å². The summed E-state index contributed by atoms with van der Waals surface area (Å²) in [5.41, 5.74) is 0.966. The van der Waals surface area contributed by atoms with E-state index in [2.05, 4.69) is 37.0 Å². The molecule has 0 fully saturated rings. The average Bonchev–Trinajstić information content (AvgIpc) is 2.42. The number of carboxylic acids is 1. The number of carboxylic acid groups (broad SMARTS) is 1. The van der Waals surface area contributed by atoms with E-state index >= 15 is 0 Å². The SMILES string of the molecule is O=C(O)CCn1nc(Br)cc1CBr. The fraction of sp³-hybridized carbons (Fsp3) is 0.429. The predicted octanol–water partition coefficient (Wildman–Crippen LogP) is 2.02. The van der Waals surface area contributed by atoms with Gasteiger partial charge in [-0.15, -0.1) is 0 Å². The first kappa shape index (κ1) is 10.7. The molecule has 6 heteroatoms. The molecule has 0 saturated heterocycles. The highest BCUT2D eigenvalue weighted by atomic mass is 79.9. The summed E-state index contributed by atoms with van der Waals surface area (Å²) in [6.45, 7) is 0.405. The number of aromatic nitrogens is 2. The molecule has 0 radical (unpaired) electrons. The third-order valence-corrected chi connectivity index (χ3v) is 2.47. The van der Waals surface area contributed by atoms with Gasteiger partial charge in [-0.3, -0.25) is 9.48 Å². The topological polar surface area (TPSA) is 55.1 Å². The Bertz CT molecular complexity index is 311. The van der Waals surface area contributed by atoms with Gasteiger partial charge in [0.25, 0.3) is 0 Å². The molecule has 1 heterocycles. The summed E-state index contributed by atoms with van der Waals surface area (Å²) in [5.74, 6) is -0.813. The summed E-state index contributed by atoms with van der Waals surface area (Å²) in [5, 5.41) is 13.2. The molecular weight excluding hydrogens is 304 g/mol. The number of hydrogen-bond acceptors (Lipinski definition) is 2. The number of aliphatic carboxylic acids is 1. The number of carbonyl (C=O) groups is 1. The Hall–Kier alpha value is -0.360. The van der Waals surface area contributed by atoms with Gasteiger partial charge in [0.2, 0.25) is 0 Å². The highest BCUT2D eigenvalue weighted by Gasteiger charge is 2.06. The van der Waals surface area contributed by atoms with Crippen LogP contribution in [0.15, 0.2) is 10.7 Å². The van der Waals surface area contributed by atoms with Crippen LogP contribution in [0.5, 0.6) is 0 Å². The molecule has 0 spiro atoms. The van der Waals surface area contributed by atoms with Crippen LogP contribution in [0.25, 0.3) is 0 Å². The first-order valence-corrected chi connectivity index (χ1v) is 5.55. The number of rotatable bonds is 4. The smallest absolute Gasteiger partial charge is 0.305 e. The zero-order valence-electron chi connectivity index (χ0n) is 6.70. The maximum Gasteiger partial charge on any atom is 0.305 e. The van der Waals surface area contributed by atoms with Crippen molar-refractivity contribution in [3.63, 3.8) is 0 Å². The fourth-order valence-electron chi connectivity index (χ4n) is 0.923. The van der Waals surface area contributed by atoms with E-state index in [1.807, 2.05) is 6.07 Å². The maximum absolute atomic E-state index is 10.3. The molecule has 0 atom stereocenters. The van der Waals surface area contributed by atoms with Crippen LogP contribution in [0.4, 0.5) is 0 Å². The summed E-state index contributed by atoms with van der Waals surface area (Å²) in [6.07, 6.45) is 0.0914. The van der Waals surface area contributed by atoms with E-state index in [1.165, 1.54) is 0 Å². The van der Waals surface area contributed by atoms with Crippen LogP contribution in [0.3, 0.4) is 0 Å².